The smallest absolute Gasteiger partial charge is 0.0875 e. The molecular weight excluding hydrogens is 220 g/mol. The minimum absolute atomic E-state index is 0.0788. The summed E-state index contributed by atoms with van der Waals surface area (Å²) < 4.78 is 0. The van der Waals surface area contributed by atoms with Gasteiger partial charge < -0.3 is 5.11 Å². The van der Waals surface area contributed by atoms with Crippen molar-refractivity contribution in [3.05, 3.63) is 33.8 Å². The largest absolute Gasteiger partial charge is 0.385 e. The Bertz CT molecular complexity index is 427. The summed E-state index contributed by atoms with van der Waals surface area (Å²) in [5.74, 6) is 0. The van der Waals surface area contributed by atoms with E-state index in [1.807, 2.05) is 19.1 Å². The quantitative estimate of drug-likeness (QED) is 0.729. The van der Waals surface area contributed by atoms with Gasteiger partial charge in [-0.15, -0.1) is 0 Å². The van der Waals surface area contributed by atoms with Crippen LogP contribution < -0.4 is 0 Å². The van der Waals surface area contributed by atoms with E-state index in [1.54, 1.807) is 0 Å². The predicted octanol–water partition coefficient (Wildman–Crippen LogP) is 3.79. The highest BCUT2D eigenvalue weighted by Gasteiger charge is 2.35. The van der Waals surface area contributed by atoms with E-state index in [2.05, 4.69) is 20.8 Å². The van der Waals surface area contributed by atoms with Gasteiger partial charge in [0.05, 0.1) is 5.60 Å². The first kappa shape index (κ1) is 11.9. The van der Waals surface area contributed by atoms with Crippen LogP contribution >= 0.6 is 11.6 Å². The lowest BCUT2D eigenvalue weighted by atomic mass is 9.82. The molecule has 0 fully saturated rings. The van der Waals surface area contributed by atoms with Crippen LogP contribution in [0.5, 0.6) is 0 Å². The van der Waals surface area contributed by atoms with Crippen molar-refractivity contribution in [3.63, 3.8) is 0 Å². The maximum atomic E-state index is 10.3. The summed E-state index contributed by atoms with van der Waals surface area (Å²) in [5.41, 5.74) is 2.95. The van der Waals surface area contributed by atoms with Gasteiger partial charge in [0.25, 0.3) is 0 Å². The maximum Gasteiger partial charge on any atom is 0.0875 e. The molecule has 0 spiro atoms. The molecule has 1 aliphatic rings. The van der Waals surface area contributed by atoms with Gasteiger partial charge in [0.15, 0.2) is 0 Å². The van der Waals surface area contributed by atoms with E-state index in [9.17, 15) is 5.11 Å². The molecule has 0 bridgehead atoms. The van der Waals surface area contributed by atoms with Gasteiger partial charge in [0.2, 0.25) is 0 Å². The third-order valence-electron chi connectivity index (χ3n) is 3.46. The molecule has 88 valence electrons. The Labute approximate surface area is 102 Å². The molecule has 16 heavy (non-hydrogen) atoms. The highest BCUT2D eigenvalue weighted by molar-refractivity contribution is 6.30. The number of benzene rings is 1. The summed E-state index contributed by atoms with van der Waals surface area (Å²) in [5, 5.41) is 11.0. The first-order chi connectivity index (χ1) is 7.22. The topological polar surface area (TPSA) is 20.2 Å². The minimum atomic E-state index is -0.708. The van der Waals surface area contributed by atoms with Crippen LogP contribution in [0.3, 0.4) is 0 Å². The number of hydrogen-bond acceptors (Lipinski definition) is 1. The SMILES string of the molecule is CC(C)(C)c1cc(Cl)cc2c1CCC2(C)O. The Hall–Kier alpha value is -0.530. The van der Waals surface area contributed by atoms with Crippen LogP contribution in [0.4, 0.5) is 0 Å². The van der Waals surface area contributed by atoms with Crippen LogP contribution in [0.1, 0.15) is 50.8 Å². The fraction of sp³-hybridized carbons (Fsp3) is 0.571. The average Bonchev–Trinajstić information content (AvgIpc) is 2.40. The zero-order valence-electron chi connectivity index (χ0n) is 10.4. The molecule has 1 aromatic rings. The number of halogens is 1. The fourth-order valence-electron chi connectivity index (χ4n) is 2.56. The highest BCUT2D eigenvalue weighted by Crippen LogP contribution is 2.42. The molecule has 0 saturated heterocycles. The highest BCUT2D eigenvalue weighted by atomic mass is 35.5. The van der Waals surface area contributed by atoms with Gasteiger partial charge in [-0.3, -0.25) is 0 Å². The third-order valence-corrected chi connectivity index (χ3v) is 3.68. The van der Waals surface area contributed by atoms with Crippen LogP contribution in [0.2, 0.25) is 5.02 Å². The Kier molecular flexibility index (Phi) is 2.60. The van der Waals surface area contributed by atoms with E-state index in [-0.39, 0.29) is 5.41 Å². The van der Waals surface area contributed by atoms with E-state index in [0.717, 1.165) is 23.4 Å². The van der Waals surface area contributed by atoms with E-state index >= 15 is 0 Å². The first-order valence-electron chi connectivity index (χ1n) is 5.77. The molecule has 0 radical (unpaired) electrons. The van der Waals surface area contributed by atoms with Gasteiger partial charge in [0.1, 0.15) is 0 Å². The van der Waals surface area contributed by atoms with Crippen molar-refractivity contribution in [2.45, 2.75) is 51.6 Å². The lowest BCUT2D eigenvalue weighted by molar-refractivity contribution is 0.0595. The van der Waals surface area contributed by atoms with Crippen LogP contribution in [0, 0.1) is 0 Å². The average molecular weight is 239 g/mol. The van der Waals surface area contributed by atoms with E-state index < -0.39 is 5.60 Å². The Morgan fingerprint density at radius 2 is 1.94 bits per heavy atom. The standard InChI is InChI=1S/C14H19ClO/c1-13(2,3)11-7-9(15)8-12-10(11)5-6-14(12,4)16/h7-8,16H,5-6H2,1-4H3. The van der Waals surface area contributed by atoms with Crippen molar-refractivity contribution in [1.29, 1.82) is 0 Å². The second-order valence-electron chi connectivity index (χ2n) is 6.00. The molecule has 0 aromatic heterocycles. The van der Waals surface area contributed by atoms with Gasteiger partial charge in [-0.25, -0.2) is 0 Å². The minimum Gasteiger partial charge on any atom is -0.385 e. The van der Waals surface area contributed by atoms with Crippen LogP contribution in [0.15, 0.2) is 12.1 Å². The van der Waals surface area contributed by atoms with Crippen molar-refractivity contribution >= 4 is 11.6 Å². The van der Waals surface area contributed by atoms with Crippen molar-refractivity contribution in [3.8, 4) is 0 Å². The van der Waals surface area contributed by atoms with Crippen molar-refractivity contribution in [2.75, 3.05) is 0 Å². The van der Waals surface area contributed by atoms with E-state index in [0.29, 0.717) is 0 Å². The fourth-order valence-corrected chi connectivity index (χ4v) is 2.78. The predicted molar refractivity (Wildman–Crippen MR) is 68.0 cm³/mol. The van der Waals surface area contributed by atoms with Crippen LogP contribution in [-0.4, -0.2) is 5.11 Å². The first-order valence-corrected chi connectivity index (χ1v) is 6.15. The molecule has 1 unspecified atom stereocenters. The van der Waals surface area contributed by atoms with E-state index in [4.69, 9.17) is 11.6 Å². The summed E-state index contributed by atoms with van der Waals surface area (Å²) in [6, 6.07) is 3.96. The van der Waals surface area contributed by atoms with Crippen molar-refractivity contribution in [1.82, 2.24) is 0 Å². The molecule has 0 heterocycles. The van der Waals surface area contributed by atoms with Gasteiger partial charge in [-0.2, -0.15) is 0 Å². The lowest BCUT2D eigenvalue weighted by Crippen LogP contribution is -2.18. The molecular formula is C14H19ClO. The number of hydrogen-bond donors (Lipinski definition) is 1. The van der Waals surface area contributed by atoms with Gasteiger partial charge in [0, 0.05) is 5.02 Å². The molecule has 1 N–H and O–H groups in total. The van der Waals surface area contributed by atoms with Crippen molar-refractivity contribution in [2.24, 2.45) is 0 Å². The van der Waals surface area contributed by atoms with Gasteiger partial charge >= 0.3 is 0 Å². The Morgan fingerprint density at radius 1 is 1.31 bits per heavy atom. The normalized spacial score (nSPS) is 24.6. The van der Waals surface area contributed by atoms with Crippen LogP contribution in [-0.2, 0) is 17.4 Å². The zero-order chi connectivity index (χ0) is 12.1. The number of fused-ring (bicyclic) bond motifs is 1. The lowest BCUT2D eigenvalue weighted by Gasteiger charge is -2.25. The molecule has 2 rings (SSSR count). The molecule has 1 nitrogen and oxygen atoms in total. The number of aliphatic hydroxyl groups is 1. The number of rotatable bonds is 0. The zero-order valence-corrected chi connectivity index (χ0v) is 11.2. The second-order valence-corrected chi connectivity index (χ2v) is 6.44. The third kappa shape index (κ3) is 1.87. The molecule has 1 atom stereocenters. The molecule has 0 aliphatic heterocycles. The monoisotopic (exact) mass is 238 g/mol. The molecule has 1 aliphatic carbocycles. The molecule has 2 heteroatoms. The Balaban J connectivity index is 2.67. The molecule has 0 amide bonds. The molecule has 1 aromatic carbocycles. The van der Waals surface area contributed by atoms with Gasteiger partial charge in [-0.05, 0) is 54.0 Å². The summed E-state index contributed by atoms with van der Waals surface area (Å²) >= 11 is 6.15. The Morgan fingerprint density at radius 3 is 2.50 bits per heavy atom. The summed E-state index contributed by atoms with van der Waals surface area (Å²) in [7, 11) is 0. The van der Waals surface area contributed by atoms with Crippen LogP contribution in [0.25, 0.3) is 0 Å². The molecule has 0 saturated carbocycles. The summed E-state index contributed by atoms with van der Waals surface area (Å²) in [6.45, 7) is 8.44. The van der Waals surface area contributed by atoms with E-state index in [1.165, 1.54) is 11.1 Å². The maximum absolute atomic E-state index is 10.3. The van der Waals surface area contributed by atoms with Crippen molar-refractivity contribution < 1.29 is 5.11 Å². The van der Waals surface area contributed by atoms with Gasteiger partial charge in [-0.1, -0.05) is 32.4 Å². The summed E-state index contributed by atoms with van der Waals surface area (Å²) in [4.78, 5) is 0. The second kappa shape index (κ2) is 3.48. The summed E-state index contributed by atoms with van der Waals surface area (Å²) in [6.07, 6.45) is 1.75.